The van der Waals surface area contributed by atoms with Gasteiger partial charge in [-0.15, -0.1) is 5.10 Å². The van der Waals surface area contributed by atoms with Crippen molar-refractivity contribution in [2.45, 2.75) is 0 Å². The SMILES string of the molecule is c1c[nH]c(-c2ccc3cnc(Nc4ccc(N5CCOCC5)cc4)nn23)c1. The molecule has 7 nitrogen and oxygen atoms in total. The van der Waals surface area contributed by atoms with Crippen molar-refractivity contribution in [1.82, 2.24) is 19.6 Å². The molecular formula is C20H20N6O. The zero-order chi connectivity index (χ0) is 18.1. The summed E-state index contributed by atoms with van der Waals surface area (Å²) < 4.78 is 7.31. The van der Waals surface area contributed by atoms with Crippen LogP contribution >= 0.6 is 0 Å². The number of aromatic nitrogens is 4. The molecule has 1 fully saturated rings. The molecule has 4 heterocycles. The molecule has 0 radical (unpaired) electrons. The maximum Gasteiger partial charge on any atom is 0.245 e. The molecule has 5 rings (SSSR count). The van der Waals surface area contributed by atoms with Gasteiger partial charge in [0.2, 0.25) is 5.95 Å². The van der Waals surface area contributed by atoms with Gasteiger partial charge in [-0.1, -0.05) is 0 Å². The third-order valence-corrected chi connectivity index (χ3v) is 4.77. The molecule has 0 aliphatic carbocycles. The number of H-pyrrole nitrogens is 1. The lowest BCUT2D eigenvalue weighted by atomic mass is 10.2. The molecule has 2 N–H and O–H groups in total. The zero-order valence-electron chi connectivity index (χ0n) is 14.8. The molecule has 1 aliphatic heterocycles. The first kappa shape index (κ1) is 15.9. The Morgan fingerprint density at radius 2 is 1.85 bits per heavy atom. The van der Waals surface area contributed by atoms with E-state index in [0.29, 0.717) is 5.95 Å². The maximum atomic E-state index is 5.41. The third-order valence-electron chi connectivity index (χ3n) is 4.77. The maximum absolute atomic E-state index is 5.41. The van der Waals surface area contributed by atoms with Crippen molar-refractivity contribution in [3.05, 3.63) is 60.9 Å². The second-order valence-corrected chi connectivity index (χ2v) is 6.49. The van der Waals surface area contributed by atoms with Gasteiger partial charge in [0.1, 0.15) is 0 Å². The molecule has 0 atom stereocenters. The summed E-state index contributed by atoms with van der Waals surface area (Å²) in [5, 5.41) is 7.94. The smallest absolute Gasteiger partial charge is 0.245 e. The lowest BCUT2D eigenvalue weighted by Crippen LogP contribution is -2.36. The standard InChI is InChI=1S/C20H20N6O/c1-2-18(21-9-1)19-8-7-17-14-22-20(24-26(17)19)23-15-3-5-16(6-4-15)25-10-12-27-13-11-25/h1-9,14,21H,10-13H2,(H,23,24). The molecule has 0 unspecified atom stereocenters. The topological polar surface area (TPSA) is 70.5 Å². The summed E-state index contributed by atoms with van der Waals surface area (Å²) in [7, 11) is 0. The van der Waals surface area contributed by atoms with Gasteiger partial charge in [-0.3, -0.25) is 0 Å². The van der Waals surface area contributed by atoms with Crippen LogP contribution < -0.4 is 10.2 Å². The molecule has 1 aromatic carbocycles. The Hall–Kier alpha value is -3.32. The van der Waals surface area contributed by atoms with E-state index in [4.69, 9.17) is 4.74 Å². The van der Waals surface area contributed by atoms with E-state index >= 15 is 0 Å². The van der Waals surface area contributed by atoms with Crippen LogP contribution in [-0.4, -0.2) is 45.9 Å². The fourth-order valence-corrected chi connectivity index (χ4v) is 3.36. The fourth-order valence-electron chi connectivity index (χ4n) is 3.36. The van der Waals surface area contributed by atoms with E-state index in [0.717, 1.165) is 48.9 Å². The Morgan fingerprint density at radius 3 is 2.63 bits per heavy atom. The van der Waals surface area contributed by atoms with Gasteiger partial charge in [-0.2, -0.15) is 0 Å². The van der Waals surface area contributed by atoms with Crippen LogP contribution in [0, 0.1) is 0 Å². The normalized spacial score (nSPS) is 14.6. The van der Waals surface area contributed by atoms with Gasteiger partial charge in [0.05, 0.1) is 36.3 Å². The number of anilines is 3. The predicted molar refractivity (Wildman–Crippen MR) is 106 cm³/mol. The van der Waals surface area contributed by atoms with E-state index < -0.39 is 0 Å². The number of ether oxygens (including phenoxy) is 1. The Morgan fingerprint density at radius 1 is 1.00 bits per heavy atom. The molecule has 136 valence electrons. The molecule has 7 heteroatoms. The molecular weight excluding hydrogens is 340 g/mol. The molecule has 4 aromatic rings. The molecule has 0 spiro atoms. The van der Waals surface area contributed by atoms with Crippen molar-refractivity contribution in [3.8, 4) is 11.4 Å². The van der Waals surface area contributed by atoms with Crippen LogP contribution in [-0.2, 0) is 4.74 Å². The van der Waals surface area contributed by atoms with Crippen molar-refractivity contribution in [2.75, 3.05) is 36.5 Å². The summed E-state index contributed by atoms with van der Waals surface area (Å²) >= 11 is 0. The number of benzene rings is 1. The van der Waals surface area contributed by atoms with E-state index in [2.05, 4.69) is 49.5 Å². The van der Waals surface area contributed by atoms with Gasteiger partial charge in [0.15, 0.2) is 0 Å². The zero-order valence-corrected chi connectivity index (χ0v) is 14.8. The predicted octanol–water partition coefficient (Wildman–Crippen LogP) is 3.30. The number of rotatable bonds is 4. The Bertz CT molecular complexity index is 1030. The van der Waals surface area contributed by atoms with E-state index in [1.165, 1.54) is 5.69 Å². The minimum absolute atomic E-state index is 0.561. The minimum atomic E-state index is 0.561. The number of nitrogens with one attached hydrogen (secondary N) is 2. The van der Waals surface area contributed by atoms with Crippen molar-refractivity contribution >= 4 is 22.8 Å². The molecule has 0 amide bonds. The van der Waals surface area contributed by atoms with Gasteiger partial charge in [-0.25, -0.2) is 9.50 Å². The number of nitrogens with zero attached hydrogens (tertiary/aromatic N) is 4. The summed E-state index contributed by atoms with van der Waals surface area (Å²) in [4.78, 5) is 9.98. The summed E-state index contributed by atoms with van der Waals surface area (Å²) in [5.74, 6) is 0.561. The average molecular weight is 360 g/mol. The van der Waals surface area contributed by atoms with Crippen molar-refractivity contribution in [2.24, 2.45) is 0 Å². The number of fused-ring (bicyclic) bond motifs is 1. The lowest BCUT2D eigenvalue weighted by Gasteiger charge is -2.28. The number of morpholine rings is 1. The van der Waals surface area contributed by atoms with Crippen LogP contribution in [0.4, 0.5) is 17.3 Å². The first-order valence-corrected chi connectivity index (χ1v) is 9.05. The Balaban J connectivity index is 1.38. The van der Waals surface area contributed by atoms with Crippen molar-refractivity contribution < 1.29 is 4.74 Å². The monoisotopic (exact) mass is 360 g/mol. The molecule has 0 saturated carbocycles. The highest BCUT2D eigenvalue weighted by Gasteiger charge is 2.11. The van der Waals surface area contributed by atoms with E-state index in [-0.39, 0.29) is 0 Å². The molecule has 1 saturated heterocycles. The summed E-state index contributed by atoms with van der Waals surface area (Å²) in [6.07, 6.45) is 3.73. The van der Waals surface area contributed by atoms with Crippen LogP contribution in [0.3, 0.4) is 0 Å². The Labute approximate surface area is 156 Å². The van der Waals surface area contributed by atoms with Gasteiger partial charge >= 0.3 is 0 Å². The van der Waals surface area contributed by atoms with Gasteiger partial charge < -0.3 is 19.9 Å². The second kappa shape index (κ2) is 6.77. The third kappa shape index (κ3) is 3.13. The summed E-state index contributed by atoms with van der Waals surface area (Å²) in [6.45, 7) is 3.44. The van der Waals surface area contributed by atoms with E-state index in [1.807, 2.05) is 41.2 Å². The molecule has 0 bridgehead atoms. The minimum Gasteiger partial charge on any atom is -0.378 e. The lowest BCUT2D eigenvalue weighted by molar-refractivity contribution is 0.122. The van der Waals surface area contributed by atoms with E-state index in [1.54, 1.807) is 0 Å². The fraction of sp³-hybridized carbons (Fsp3) is 0.200. The number of aromatic amines is 1. The number of hydrogen-bond acceptors (Lipinski definition) is 5. The first-order chi connectivity index (χ1) is 13.4. The highest BCUT2D eigenvalue weighted by Crippen LogP contribution is 2.23. The van der Waals surface area contributed by atoms with E-state index in [9.17, 15) is 0 Å². The Kier molecular flexibility index (Phi) is 3.99. The van der Waals surface area contributed by atoms with Crippen LogP contribution in [0.25, 0.3) is 16.9 Å². The van der Waals surface area contributed by atoms with Gasteiger partial charge in [-0.05, 0) is 48.5 Å². The van der Waals surface area contributed by atoms with Crippen LogP contribution in [0.15, 0.2) is 60.9 Å². The average Bonchev–Trinajstić information content (AvgIpc) is 3.38. The van der Waals surface area contributed by atoms with Crippen molar-refractivity contribution in [3.63, 3.8) is 0 Å². The highest BCUT2D eigenvalue weighted by atomic mass is 16.5. The summed E-state index contributed by atoms with van der Waals surface area (Å²) in [5.41, 5.74) is 5.14. The highest BCUT2D eigenvalue weighted by molar-refractivity contribution is 5.65. The largest absolute Gasteiger partial charge is 0.378 e. The molecule has 27 heavy (non-hydrogen) atoms. The number of hydrogen-bond donors (Lipinski definition) is 2. The van der Waals surface area contributed by atoms with Crippen LogP contribution in [0.2, 0.25) is 0 Å². The quantitative estimate of drug-likeness (QED) is 0.584. The van der Waals surface area contributed by atoms with Gasteiger partial charge in [0.25, 0.3) is 0 Å². The molecule has 3 aromatic heterocycles. The van der Waals surface area contributed by atoms with Crippen LogP contribution in [0.5, 0.6) is 0 Å². The van der Waals surface area contributed by atoms with Crippen LogP contribution in [0.1, 0.15) is 0 Å². The first-order valence-electron chi connectivity index (χ1n) is 9.05. The second-order valence-electron chi connectivity index (χ2n) is 6.49. The van der Waals surface area contributed by atoms with Gasteiger partial charge in [0, 0.05) is 30.7 Å². The summed E-state index contributed by atoms with van der Waals surface area (Å²) in [6, 6.07) is 16.4. The van der Waals surface area contributed by atoms with Crippen molar-refractivity contribution in [1.29, 1.82) is 0 Å². The molecule has 1 aliphatic rings.